The quantitative estimate of drug-likeness (QED) is 0.347. The van der Waals surface area contributed by atoms with Crippen molar-refractivity contribution in [1.29, 1.82) is 0 Å². The number of aryl methyl sites for hydroxylation is 1. The summed E-state index contributed by atoms with van der Waals surface area (Å²) in [6.07, 6.45) is 8.09. The number of nitrogens with zero attached hydrogens (tertiary/aromatic N) is 1. The number of anilines is 2. The van der Waals surface area contributed by atoms with E-state index in [1.54, 1.807) is 12.1 Å². The number of hydrogen-bond acceptors (Lipinski definition) is 3. The summed E-state index contributed by atoms with van der Waals surface area (Å²) in [5.74, 6) is 2.22. The zero-order chi connectivity index (χ0) is 26.5. The lowest BCUT2D eigenvalue weighted by atomic mass is 9.48. The molecule has 0 aromatic heterocycles. The van der Waals surface area contributed by atoms with Gasteiger partial charge in [-0.1, -0.05) is 41.9 Å². The summed E-state index contributed by atoms with van der Waals surface area (Å²) in [6, 6.07) is 21.5. The van der Waals surface area contributed by atoms with Crippen LogP contribution in [-0.2, 0) is 20.2 Å². The smallest absolute Gasteiger partial charge is 0.264 e. The van der Waals surface area contributed by atoms with Gasteiger partial charge in [-0.2, -0.15) is 0 Å². The molecule has 4 bridgehead atoms. The van der Waals surface area contributed by atoms with Crippen molar-refractivity contribution >= 4 is 38.9 Å². The van der Waals surface area contributed by atoms with Crippen LogP contribution in [0.5, 0.6) is 0 Å². The van der Waals surface area contributed by atoms with E-state index in [4.69, 9.17) is 11.6 Å². The highest BCUT2D eigenvalue weighted by molar-refractivity contribution is 7.92. The molecule has 3 aromatic rings. The molecule has 4 aliphatic rings. The molecule has 0 spiro atoms. The standard InChI is InChI=1S/C31H33ClN2O3S/c1-21-4-2-3-5-29(21)34(38(36,37)28-12-8-26(32)9-13-28)20-30(35)33-27-10-6-25(7-11-27)31-17-22-14-23(18-31)16-24(15-22)19-31/h2-13,22-24H,14-20H2,1H3,(H,33,35). The third-order valence-corrected chi connectivity index (χ3v) is 10.9. The number of carbonyl (C=O) groups excluding carboxylic acids is 1. The van der Waals surface area contributed by atoms with Gasteiger partial charge in [-0.05, 0) is 122 Å². The van der Waals surface area contributed by atoms with Crippen molar-refractivity contribution in [2.24, 2.45) is 17.8 Å². The maximum atomic E-state index is 13.6. The highest BCUT2D eigenvalue weighted by atomic mass is 35.5. The predicted octanol–water partition coefficient (Wildman–Crippen LogP) is 6.95. The molecule has 0 radical (unpaired) electrons. The zero-order valence-corrected chi connectivity index (χ0v) is 23.1. The third-order valence-electron chi connectivity index (χ3n) is 8.89. The van der Waals surface area contributed by atoms with Crippen molar-refractivity contribution in [2.45, 2.75) is 55.8 Å². The van der Waals surface area contributed by atoms with Crippen LogP contribution in [0.3, 0.4) is 0 Å². The normalized spacial score (nSPS) is 25.8. The molecule has 0 atom stereocenters. The Labute approximate surface area is 230 Å². The Morgan fingerprint density at radius 2 is 1.47 bits per heavy atom. The van der Waals surface area contributed by atoms with Crippen LogP contribution in [-0.4, -0.2) is 20.9 Å². The summed E-state index contributed by atoms with van der Waals surface area (Å²) < 4.78 is 28.4. The SMILES string of the molecule is Cc1ccccc1N(CC(=O)Nc1ccc(C23CC4CC(CC(C4)C2)C3)cc1)S(=O)(=O)c1ccc(Cl)cc1. The molecule has 0 saturated heterocycles. The summed E-state index contributed by atoms with van der Waals surface area (Å²) in [4.78, 5) is 13.3. The number of halogens is 1. The molecule has 7 heteroatoms. The van der Waals surface area contributed by atoms with Crippen molar-refractivity contribution in [1.82, 2.24) is 0 Å². The zero-order valence-electron chi connectivity index (χ0n) is 21.6. The molecule has 4 aliphatic carbocycles. The maximum Gasteiger partial charge on any atom is 0.264 e. The molecule has 4 fully saturated rings. The summed E-state index contributed by atoms with van der Waals surface area (Å²) in [5.41, 5.74) is 3.59. The monoisotopic (exact) mass is 548 g/mol. The molecule has 198 valence electrons. The molecule has 1 N–H and O–H groups in total. The number of sulfonamides is 1. The Morgan fingerprint density at radius 1 is 0.895 bits per heavy atom. The van der Waals surface area contributed by atoms with Crippen LogP contribution in [0, 0.1) is 24.7 Å². The number of carbonyl (C=O) groups is 1. The van der Waals surface area contributed by atoms with Crippen LogP contribution in [0.25, 0.3) is 0 Å². The molecule has 3 aromatic carbocycles. The van der Waals surface area contributed by atoms with Gasteiger partial charge < -0.3 is 5.32 Å². The first-order chi connectivity index (χ1) is 18.2. The number of hydrogen-bond donors (Lipinski definition) is 1. The largest absolute Gasteiger partial charge is 0.325 e. The Morgan fingerprint density at radius 3 is 2.05 bits per heavy atom. The third kappa shape index (κ3) is 4.73. The van der Waals surface area contributed by atoms with Crippen LogP contribution < -0.4 is 9.62 Å². The molecule has 5 nitrogen and oxygen atoms in total. The number of benzene rings is 3. The van der Waals surface area contributed by atoms with E-state index in [9.17, 15) is 13.2 Å². The van der Waals surface area contributed by atoms with E-state index in [1.165, 1.54) is 72.7 Å². The maximum absolute atomic E-state index is 13.6. The molecular formula is C31H33ClN2O3S. The van der Waals surface area contributed by atoms with Gasteiger partial charge in [0.2, 0.25) is 5.91 Å². The minimum Gasteiger partial charge on any atom is -0.325 e. The van der Waals surface area contributed by atoms with Crippen molar-refractivity contribution in [3.63, 3.8) is 0 Å². The first-order valence-electron chi connectivity index (χ1n) is 13.5. The summed E-state index contributed by atoms with van der Waals surface area (Å²) in [6.45, 7) is 1.49. The molecule has 7 rings (SSSR count). The second-order valence-electron chi connectivity index (χ2n) is 11.6. The minimum atomic E-state index is -4.00. The Kier molecular flexibility index (Phi) is 6.51. The lowest BCUT2D eigenvalue weighted by Crippen LogP contribution is -2.48. The van der Waals surface area contributed by atoms with Crippen molar-refractivity contribution < 1.29 is 13.2 Å². The highest BCUT2D eigenvalue weighted by Gasteiger charge is 2.51. The van der Waals surface area contributed by atoms with Gasteiger partial charge in [0.1, 0.15) is 6.54 Å². The van der Waals surface area contributed by atoms with E-state index < -0.39 is 15.9 Å². The summed E-state index contributed by atoms with van der Waals surface area (Å²) >= 11 is 5.98. The van der Waals surface area contributed by atoms with Crippen LogP contribution in [0.2, 0.25) is 5.02 Å². The highest BCUT2D eigenvalue weighted by Crippen LogP contribution is 2.60. The van der Waals surface area contributed by atoms with E-state index in [2.05, 4.69) is 17.4 Å². The Hall–Kier alpha value is -2.83. The molecule has 4 saturated carbocycles. The molecule has 1 amide bonds. The summed E-state index contributed by atoms with van der Waals surface area (Å²) in [7, 11) is -4.00. The second kappa shape index (κ2) is 9.73. The molecule has 0 heterocycles. The average Bonchev–Trinajstić information content (AvgIpc) is 2.88. The first kappa shape index (κ1) is 25.4. The van der Waals surface area contributed by atoms with Gasteiger partial charge in [-0.25, -0.2) is 8.42 Å². The van der Waals surface area contributed by atoms with Gasteiger partial charge in [-0.3, -0.25) is 9.10 Å². The number of nitrogens with one attached hydrogen (secondary N) is 1. The van der Waals surface area contributed by atoms with Gasteiger partial charge in [0, 0.05) is 10.7 Å². The van der Waals surface area contributed by atoms with Crippen molar-refractivity contribution in [3.8, 4) is 0 Å². The molecular weight excluding hydrogens is 516 g/mol. The van der Waals surface area contributed by atoms with E-state index in [1.807, 2.05) is 31.2 Å². The Balaban J connectivity index is 1.22. The molecule has 38 heavy (non-hydrogen) atoms. The van der Waals surface area contributed by atoms with Gasteiger partial charge >= 0.3 is 0 Å². The fourth-order valence-electron chi connectivity index (χ4n) is 7.58. The summed E-state index contributed by atoms with van der Waals surface area (Å²) in [5, 5.41) is 3.37. The lowest BCUT2D eigenvalue weighted by molar-refractivity contribution is -0.114. The van der Waals surface area contributed by atoms with Gasteiger partial charge in [0.25, 0.3) is 10.0 Å². The van der Waals surface area contributed by atoms with Gasteiger partial charge in [0.15, 0.2) is 0 Å². The van der Waals surface area contributed by atoms with Crippen LogP contribution in [0.1, 0.15) is 49.7 Å². The Bertz CT molecular complexity index is 1420. The number of amides is 1. The lowest BCUT2D eigenvalue weighted by Gasteiger charge is -2.57. The van der Waals surface area contributed by atoms with Crippen LogP contribution in [0.15, 0.2) is 77.7 Å². The van der Waals surface area contributed by atoms with Gasteiger partial charge in [0.05, 0.1) is 10.6 Å². The predicted molar refractivity (Wildman–Crippen MR) is 152 cm³/mol. The fourth-order valence-corrected chi connectivity index (χ4v) is 9.19. The second-order valence-corrected chi connectivity index (χ2v) is 13.9. The van der Waals surface area contributed by atoms with Crippen molar-refractivity contribution in [3.05, 3.63) is 88.9 Å². The van der Waals surface area contributed by atoms with E-state index in [0.717, 1.165) is 23.3 Å². The average molecular weight is 549 g/mol. The van der Waals surface area contributed by atoms with E-state index in [-0.39, 0.29) is 11.4 Å². The minimum absolute atomic E-state index is 0.0814. The topological polar surface area (TPSA) is 66.5 Å². The van der Waals surface area contributed by atoms with Crippen LogP contribution >= 0.6 is 11.6 Å². The molecule has 0 unspecified atom stereocenters. The molecule has 0 aliphatic heterocycles. The van der Waals surface area contributed by atoms with E-state index in [0.29, 0.717) is 21.8 Å². The van der Waals surface area contributed by atoms with Crippen molar-refractivity contribution in [2.75, 3.05) is 16.2 Å². The van der Waals surface area contributed by atoms with Gasteiger partial charge in [-0.15, -0.1) is 0 Å². The number of para-hydroxylation sites is 1. The number of rotatable bonds is 7. The fraction of sp³-hybridized carbons (Fsp3) is 0.387. The van der Waals surface area contributed by atoms with Crippen LogP contribution in [0.4, 0.5) is 11.4 Å². The first-order valence-corrected chi connectivity index (χ1v) is 15.3. The van der Waals surface area contributed by atoms with E-state index >= 15 is 0 Å².